The number of thiophene rings is 1. The smallest absolute Gasteiger partial charge is 0.0349 e. The topological polar surface area (TPSA) is 12.0 Å². The second-order valence-corrected chi connectivity index (χ2v) is 6.55. The first kappa shape index (κ1) is 9.95. The molecule has 1 N–H and O–H groups in total. The molecule has 1 aromatic heterocycles. The van der Waals surface area contributed by atoms with Gasteiger partial charge in [-0.2, -0.15) is 0 Å². The first-order valence-electron chi connectivity index (χ1n) is 6.62. The zero-order valence-electron chi connectivity index (χ0n) is 9.86. The molecule has 2 saturated carbocycles. The maximum Gasteiger partial charge on any atom is 0.0349 e. The lowest BCUT2D eigenvalue weighted by Crippen LogP contribution is -2.25. The number of hydrogen-bond acceptors (Lipinski definition) is 2. The van der Waals surface area contributed by atoms with E-state index in [9.17, 15) is 0 Å². The summed E-state index contributed by atoms with van der Waals surface area (Å²) in [6.45, 7) is 0. The van der Waals surface area contributed by atoms with E-state index >= 15 is 0 Å². The van der Waals surface area contributed by atoms with Crippen LogP contribution in [0.2, 0.25) is 0 Å². The number of anilines is 1. The van der Waals surface area contributed by atoms with Crippen molar-refractivity contribution in [1.82, 2.24) is 0 Å². The Morgan fingerprint density at radius 2 is 2.12 bits per heavy atom. The molecule has 2 aliphatic rings. The molecular weight excluding hydrogens is 226 g/mol. The molecule has 2 aliphatic carbocycles. The van der Waals surface area contributed by atoms with Crippen molar-refractivity contribution in [2.24, 2.45) is 11.8 Å². The van der Waals surface area contributed by atoms with Crippen molar-refractivity contribution in [3.8, 4) is 0 Å². The summed E-state index contributed by atoms with van der Waals surface area (Å²) in [5, 5.41) is 7.31. The van der Waals surface area contributed by atoms with Gasteiger partial charge in [-0.05, 0) is 66.1 Å². The van der Waals surface area contributed by atoms with Crippen LogP contribution in [0.25, 0.3) is 10.1 Å². The normalized spacial score (nSPS) is 31.2. The van der Waals surface area contributed by atoms with E-state index in [0.717, 1.165) is 17.9 Å². The molecule has 1 nitrogen and oxygen atoms in total. The highest BCUT2D eigenvalue weighted by Gasteiger charge is 2.39. The highest BCUT2D eigenvalue weighted by Crippen LogP contribution is 2.45. The van der Waals surface area contributed by atoms with E-state index in [1.165, 1.54) is 41.5 Å². The summed E-state index contributed by atoms with van der Waals surface area (Å²) in [7, 11) is 0. The van der Waals surface area contributed by atoms with Crippen LogP contribution >= 0.6 is 11.3 Å². The number of fused-ring (bicyclic) bond motifs is 3. The summed E-state index contributed by atoms with van der Waals surface area (Å²) in [5.41, 5.74) is 1.31. The zero-order valence-corrected chi connectivity index (χ0v) is 10.7. The summed E-state index contributed by atoms with van der Waals surface area (Å²) in [4.78, 5) is 0. The van der Waals surface area contributed by atoms with Crippen molar-refractivity contribution < 1.29 is 0 Å². The highest BCUT2D eigenvalue weighted by molar-refractivity contribution is 7.17. The van der Waals surface area contributed by atoms with Gasteiger partial charge < -0.3 is 5.32 Å². The lowest BCUT2D eigenvalue weighted by Gasteiger charge is -2.24. The number of hydrogen-bond donors (Lipinski definition) is 1. The third-order valence-electron chi connectivity index (χ3n) is 4.54. The fourth-order valence-electron chi connectivity index (χ4n) is 3.69. The average Bonchev–Trinajstić information content (AvgIpc) is 3.03. The number of nitrogens with one attached hydrogen (secondary N) is 1. The molecule has 3 atom stereocenters. The molecule has 4 rings (SSSR count). The van der Waals surface area contributed by atoms with E-state index in [1.54, 1.807) is 0 Å². The van der Waals surface area contributed by atoms with Crippen LogP contribution in [0.15, 0.2) is 29.6 Å². The lowest BCUT2D eigenvalue weighted by atomic mass is 9.95. The van der Waals surface area contributed by atoms with Gasteiger partial charge in [-0.15, -0.1) is 11.3 Å². The van der Waals surface area contributed by atoms with Crippen LogP contribution in [0.1, 0.15) is 25.7 Å². The summed E-state index contributed by atoms with van der Waals surface area (Å²) in [6, 6.07) is 9.74. The van der Waals surface area contributed by atoms with Crippen molar-refractivity contribution in [3.63, 3.8) is 0 Å². The predicted octanol–water partition coefficient (Wildman–Crippen LogP) is 4.50. The first-order chi connectivity index (χ1) is 8.38. The first-order valence-corrected chi connectivity index (χ1v) is 7.50. The molecule has 0 radical (unpaired) electrons. The van der Waals surface area contributed by atoms with E-state index in [4.69, 9.17) is 0 Å². The third kappa shape index (κ3) is 1.66. The van der Waals surface area contributed by atoms with Crippen LogP contribution in [-0.4, -0.2) is 6.04 Å². The molecule has 2 bridgehead atoms. The minimum atomic E-state index is 0.741. The summed E-state index contributed by atoms with van der Waals surface area (Å²) >= 11 is 1.82. The number of rotatable bonds is 2. The van der Waals surface area contributed by atoms with Crippen LogP contribution in [0.3, 0.4) is 0 Å². The Labute approximate surface area is 106 Å². The Morgan fingerprint density at radius 1 is 1.12 bits per heavy atom. The van der Waals surface area contributed by atoms with Crippen molar-refractivity contribution >= 4 is 27.1 Å². The fraction of sp³-hybridized carbons (Fsp3) is 0.467. The van der Waals surface area contributed by atoms with Gasteiger partial charge in [-0.25, -0.2) is 0 Å². The molecule has 0 amide bonds. The molecule has 1 heterocycles. The third-order valence-corrected chi connectivity index (χ3v) is 5.44. The van der Waals surface area contributed by atoms with Gasteiger partial charge in [0.2, 0.25) is 0 Å². The van der Waals surface area contributed by atoms with Gasteiger partial charge in [0.15, 0.2) is 0 Å². The van der Waals surface area contributed by atoms with Crippen molar-refractivity contribution in [3.05, 3.63) is 29.6 Å². The van der Waals surface area contributed by atoms with Crippen LogP contribution in [0, 0.1) is 11.8 Å². The molecule has 0 aliphatic heterocycles. The lowest BCUT2D eigenvalue weighted by molar-refractivity contribution is 0.440. The summed E-state index contributed by atoms with van der Waals surface area (Å²) < 4.78 is 1.39. The fourth-order valence-corrected chi connectivity index (χ4v) is 4.46. The van der Waals surface area contributed by atoms with Gasteiger partial charge in [0, 0.05) is 16.4 Å². The van der Waals surface area contributed by atoms with E-state index in [0.29, 0.717) is 0 Å². The Balaban J connectivity index is 1.58. The Kier molecular flexibility index (Phi) is 2.19. The molecule has 17 heavy (non-hydrogen) atoms. The van der Waals surface area contributed by atoms with E-state index in [1.807, 2.05) is 11.3 Å². The SMILES string of the molecule is c1cc2cc(NC3CC4CCC3C4)ccc2s1. The summed E-state index contributed by atoms with van der Waals surface area (Å²) in [5.74, 6) is 1.96. The van der Waals surface area contributed by atoms with Crippen molar-refractivity contribution in [2.75, 3.05) is 5.32 Å². The van der Waals surface area contributed by atoms with Gasteiger partial charge in [-0.1, -0.05) is 6.42 Å². The van der Waals surface area contributed by atoms with Gasteiger partial charge >= 0.3 is 0 Å². The molecule has 2 aromatic rings. The zero-order chi connectivity index (χ0) is 11.2. The monoisotopic (exact) mass is 243 g/mol. The minimum absolute atomic E-state index is 0.741. The van der Waals surface area contributed by atoms with Gasteiger partial charge in [-0.3, -0.25) is 0 Å². The molecule has 3 unspecified atom stereocenters. The van der Waals surface area contributed by atoms with Gasteiger partial charge in [0.25, 0.3) is 0 Å². The maximum atomic E-state index is 3.76. The van der Waals surface area contributed by atoms with Crippen LogP contribution in [0.5, 0.6) is 0 Å². The van der Waals surface area contributed by atoms with E-state index in [-0.39, 0.29) is 0 Å². The van der Waals surface area contributed by atoms with E-state index in [2.05, 4.69) is 35.0 Å². The van der Waals surface area contributed by atoms with E-state index < -0.39 is 0 Å². The average molecular weight is 243 g/mol. The maximum absolute atomic E-state index is 3.76. The Hall–Kier alpha value is -1.02. The highest BCUT2D eigenvalue weighted by atomic mass is 32.1. The molecule has 88 valence electrons. The summed E-state index contributed by atoms with van der Waals surface area (Å²) in [6.07, 6.45) is 5.79. The predicted molar refractivity (Wildman–Crippen MR) is 74.7 cm³/mol. The number of benzene rings is 1. The second kappa shape index (κ2) is 3.74. The Bertz CT molecular complexity index is 545. The minimum Gasteiger partial charge on any atom is -0.382 e. The van der Waals surface area contributed by atoms with Crippen LogP contribution < -0.4 is 5.32 Å². The molecule has 2 heteroatoms. The van der Waals surface area contributed by atoms with Gasteiger partial charge in [0.05, 0.1) is 0 Å². The molecule has 1 aromatic carbocycles. The largest absolute Gasteiger partial charge is 0.382 e. The second-order valence-electron chi connectivity index (χ2n) is 5.60. The Morgan fingerprint density at radius 3 is 2.94 bits per heavy atom. The van der Waals surface area contributed by atoms with Gasteiger partial charge in [0.1, 0.15) is 0 Å². The van der Waals surface area contributed by atoms with Crippen LogP contribution in [-0.2, 0) is 0 Å². The molecule has 0 spiro atoms. The molecule has 2 fully saturated rings. The quantitative estimate of drug-likeness (QED) is 0.818. The van der Waals surface area contributed by atoms with Crippen molar-refractivity contribution in [1.29, 1.82) is 0 Å². The molecular formula is C15H17NS. The standard InChI is InChI=1S/C15H17NS/c1-2-11-7-10(1)8-14(11)16-13-3-4-15-12(9-13)5-6-17-15/h3-6,9-11,14,16H,1-2,7-8H2. The molecule has 0 saturated heterocycles. The van der Waals surface area contributed by atoms with Crippen LogP contribution in [0.4, 0.5) is 5.69 Å². The van der Waals surface area contributed by atoms with Crippen molar-refractivity contribution in [2.45, 2.75) is 31.7 Å².